The summed E-state index contributed by atoms with van der Waals surface area (Å²) in [5.74, 6) is 6.96. The first-order chi connectivity index (χ1) is 7.86. The molecule has 0 N–H and O–H groups in total. The van der Waals surface area contributed by atoms with Crippen LogP contribution >= 0.6 is 0 Å². The lowest BCUT2D eigenvalue weighted by atomic mass is 9.76. The van der Waals surface area contributed by atoms with Crippen LogP contribution in [-0.2, 0) is 0 Å². The van der Waals surface area contributed by atoms with E-state index in [0.717, 1.165) is 23.7 Å². The first-order valence-corrected chi connectivity index (χ1v) is 7.86. The normalized spacial score (nSPS) is 49.9. The fourth-order valence-corrected chi connectivity index (χ4v) is 5.92. The van der Waals surface area contributed by atoms with E-state index in [1.54, 1.807) is 32.1 Å². The highest BCUT2D eigenvalue weighted by atomic mass is 14.6. The van der Waals surface area contributed by atoms with E-state index in [2.05, 4.69) is 13.8 Å². The smallest absolute Gasteiger partial charge is 0.0324 e. The summed E-state index contributed by atoms with van der Waals surface area (Å²) < 4.78 is 0. The van der Waals surface area contributed by atoms with Gasteiger partial charge in [0.05, 0.1) is 0 Å². The van der Waals surface area contributed by atoms with Gasteiger partial charge in [0.25, 0.3) is 0 Å². The van der Waals surface area contributed by atoms with Gasteiger partial charge in [-0.2, -0.15) is 0 Å². The summed E-state index contributed by atoms with van der Waals surface area (Å²) in [6.07, 6.45) is 12.3. The Hall–Kier alpha value is 0. The Balaban J connectivity index is 1.75. The van der Waals surface area contributed by atoms with Gasteiger partial charge in [-0.15, -0.1) is 0 Å². The molecule has 0 saturated heterocycles. The van der Waals surface area contributed by atoms with Crippen LogP contribution in [0.4, 0.5) is 0 Å². The average molecular weight is 220 g/mol. The van der Waals surface area contributed by atoms with Crippen molar-refractivity contribution in [3.05, 3.63) is 0 Å². The maximum atomic E-state index is 2.39. The number of hydrogen-bond donors (Lipinski definition) is 0. The molecular formula is C16H28. The molecule has 0 spiro atoms. The Morgan fingerprint density at radius 3 is 2.19 bits per heavy atom. The molecule has 0 aromatic carbocycles. The summed E-state index contributed by atoms with van der Waals surface area (Å²) in [7, 11) is 0. The van der Waals surface area contributed by atoms with E-state index in [1.807, 2.05) is 0 Å². The Morgan fingerprint density at radius 1 is 0.750 bits per heavy atom. The van der Waals surface area contributed by atoms with Gasteiger partial charge in [-0.25, -0.2) is 0 Å². The largest absolute Gasteiger partial charge is 0.0654 e. The summed E-state index contributed by atoms with van der Waals surface area (Å²) in [6, 6.07) is 0. The van der Waals surface area contributed by atoms with Gasteiger partial charge in [-0.05, 0) is 61.2 Å². The molecule has 0 nitrogen and oxygen atoms in total. The zero-order valence-electron chi connectivity index (χ0n) is 11.1. The minimum Gasteiger partial charge on any atom is -0.0654 e. The monoisotopic (exact) mass is 220 g/mol. The molecule has 6 unspecified atom stereocenters. The molecule has 3 fully saturated rings. The molecule has 0 amide bonds. The van der Waals surface area contributed by atoms with Crippen molar-refractivity contribution in [1.29, 1.82) is 0 Å². The van der Waals surface area contributed by atoms with Gasteiger partial charge in [0.1, 0.15) is 0 Å². The summed E-state index contributed by atoms with van der Waals surface area (Å²) in [6.45, 7) is 4.77. The highest BCUT2D eigenvalue weighted by Crippen LogP contribution is 2.65. The van der Waals surface area contributed by atoms with Crippen LogP contribution in [0.15, 0.2) is 0 Å². The summed E-state index contributed by atoms with van der Waals surface area (Å²) in [5.41, 5.74) is 0. The molecule has 0 aliphatic heterocycles. The highest BCUT2D eigenvalue weighted by molar-refractivity contribution is 5.06. The second-order valence-corrected chi connectivity index (χ2v) is 6.72. The molecule has 2 bridgehead atoms. The average Bonchev–Trinajstić information content (AvgIpc) is 2.92. The number of hydrogen-bond acceptors (Lipinski definition) is 0. The minimum absolute atomic E-state index is 1.13. The molecule has 16 heavy (non-hydrogen) atoms. The van der Waals surface area contributed by atoms with Crippen molar-refractivity contribution in [1.82, 2.24) is 0 Å². The Kier molecular flexibility index (Phi) is 3.02. The maximum absolute atomic E-state index is 2.39. The van der Waals surface area contributed by atoms with E-state index in [-0.39, 0.29) is 0 Å². The number of rotatable bonds is 4. The van der Waals surface area contributed by atoms with Crippen LogP contribution in [0, 0.1) is 35.5 Å². The fourth-order valence-electron chi connectivity index (χ4n) is 5.92. The molecule has 0 aromatic rings. The van der Waals surface area contributed by atoms with Crippen LogP contribution in [0.5, 0.6) is 0 Å². The molecular weight excluding hydrogens is 192 g/mol. The fraction of sp³-hybridized carbons (Fsp3) is 1.00. The predicted octanol–water partition coefficient (Wildman–Crippen LogP) is 4.89. The quantitative estimate of drug-likeness (QED) is 0.633. The van der Waals surface area contributed by atoms with Crippen molar-refractivity contribution < 1.29 is 0 Å². The van der Waals surface area contributed by atoms with Gasteiger partial charge in [0, 0.05) is 0 Å². The Labute approximate surface area is 101 Å². The zero-order valence-corrected chi connectivity index (χ0v) is 11.1. The van der Waals surface area contributed by atoms with Crippen molar-refractivity contribution in [3.8, 4) is 0 Å². The first kappa shape index (κ1) is 11.1. The lowest BCUT2D eigenvalue weighted by Gasteiger charge is -2.29. The van der Waals surface area contributed by atoms with Gasteiger partial charge in [0.15, 0.2) is 0 Å². The summed E-state index contributed by atoms with van der Waals surface area (Å²) in [5, 5.41) is 0. The van der Waals surface area contributed by atoms with Gasteiger partial charge in [-0.1, -0.05) is 39.5 Å². The maximum Gasteiger partial charge on any atom is -0.0324 e. The van der Waals surface area contributed by atoms with Crippen LogP contribution in [0.2, 0.25) is 0 Å². The lowest BCUT2D eigenvalue weighted by Crippen LogP contribution is -2.22. The molecule has 0 radical (unpaired) electrons. The van der Waals surface area contributed by atoms with E-state index in [1.165, 1.54) is 31.1 Å². The van der Waals surface area contributed by atoms with E-state index in [4.69, 9.17) is 0 Å². The van der Waals surface area contributed by atoms with Crippen LogP contribution in [0.1, 0.15) is 65.2 Å². The minimum atomic E-state index is 1.13. The second-order valence-electron chi connectivity index (χ2n) is 6.72. The molecule has 3 aliphatic rings. The summed E-state index contributed by atoms with van der Waals surface area (Å²) in [4.78, 5) is 0. The summed E-state index contributed by atoms with van der Waals surface area (Å²) >= 11 is 0. The molecule has 3 saturated carbocycles. The van der Waals surface area contributed by atoms with Crippen LogP contribution in [0.3, 0.4) is 0 Å². The molecule has 6 atom stereocenters. The predicted molar refractivity (Wildman–Crippen MR) is 69.2 cm³/mol. The molecule has 3 aliphatic carbocycles. The second kappa shape index (κ2) is 4.35. The van der Waals surface area contributed by atoms with Gasteiger partial charge >= 0.3 is 0 Å². The molecule has 0 heteroatoms. The van der Waals surface area contributed by atoms with Crippen LogP contribution in [-0.4, -0.2) is 0 Å². The SMILES string of the molecule is CCCC1CCC2C3CCC(C3CCC)C12. The molecule has 0 heterocycles. The van der Waals surface area contributed by atoms with E-state index in [9.17, 15) is 0 Å². The van der Waals surface area contributed by atoms with Crippen LogP contribution < -0.4 is 0 Å². The van der Waals surface area contributed by atoms with E-state index < -0.39 is 0 Å². The third-order valence-electron chi connectivity index (χ3n) is 6.17. The molecule has 3 rings (SSSR count). The van der Waals surface area contributed by atoms with E-state index in [0.29, 0.717) is 0 Å². The van der Waals surface area contributed by atoms with Crippen molar-refractivity contribution in [3.63, 3.8) is 0 Å². The van der Waals surface area contributed by atoms with Crippen molar-refractivity contribution >= 4 is 0 Å². The molecule has 0 aromatic heterocycles. The van der Waals surface area contributed by atoms with E-state index >= 15 is 0 Å². The third kappa shape index (κ3) is 1.48. The van der Waals surface area contributed by atoms with Crippen molar-refractivity contribution in [2.75, 3.05) is 0 Å². The van der Waals surface area contributed by atoms with Crippen LogP contribution in [0.25, 0.3) is 0 Å². The van der Waals surface area contributed by atoms with Crippen molar-refractivity contribution in [2.24, 2.45) is 35.5 Å². The third-order valence-corrected chi connectivity index (χ3v) is 6.17. The van der Waals surface area contributed by atoms with Gasteiger partial charge in [0.2, 0.25) is 0 Å². The molecule has 92 valence electrons. The van der Waals surface area contributed by atoms with Crippen molar-refractivity contribution in [2.45, 2.75) is 65.2 Å². The van der Waals surface area contributed by atoms with Gasteiger partial charge < -0.3 is 0 Å². The Morgan fingerprint density at radius 2 is 1.44 bits per heavy atom. The topological polar surface area (TPSA) is 0 Å². The zero-order chi connectivity index (χ0) is 11.1. The Bertz CT molecular complexity index is 244. The van der Waals surface area contributed by atoms with Gasteiger partial charge in [-0.3, -0.25) is 0 Å². The lowest BCUT2D eigenvalue weighted by molar-refractivity contribution is 0.201. The highest BCUT2D eigenvalue weighted by Gasteiger charge is 2.57. The standard InChI is InChI=1S/C16H28/c1-3-5-11-7-8-14-13-9-10-15(16(11)14)12(13)6-4-2/h11-16H,3-10H2,1-2H3. The first-order valence-electron chi connectivity index (χ1n) is 7.86. The number of fused-ring (bicyclic) bond motifs is 5.